The normalized spacial score (nSPS) is 11.9. The predicted molar refractivity (Wildman–Crippen MR) is 76.2 cm³/mol. The standard InChI is InChI=1S/C13H19N.C2H6/c1-5-8-9-10-12-14(4)13(7-3)11-6-2;1-2/h5-12H,1H2,2-4H3;1-2H3/b9-8-,11-6-,12-10+,13-7+;. The van der Waals surface area contributed by atoms with Crippen LogP contribution >= 0.6 is 0 Å². The van der Waals surface area contributed by atoms with Gasteiger partial charge in [0.25, 0.3) is 0 Å². The van der Waals surface area contributed by atoms with Crippen molar-refractivity contribution in [3.05, 3.63) is 61.0 Å². The van der Waals surface area contributed by atoms with E-state index < -0.39 is 0 Å². The van der Waals surface area contributed by atoms with Gasteiger partial charge in [-0.25, -0.2) is 0 Å². The van der Waals surface area contributed by atoms with E-state index in [0.717, 1.165) is 0 Å². The van der Waals surface area contributed by atoms with Crippen molar-refractivity contribution < 1.29 is 0 Å². The van der Waals surface area contributed by atoms with Crippen molar-refractivity contribution in [2.75, 3.05) is 7.05 Å². The van der Waals surface area contributed by atoms with Gasteiger partial charge in [0.05, 0.1) is 0 Å². The Labute approximate surface area is 101 Å². The van der Waals surface area contributed by atoms with E-state index in [1.54, 1.807) is 6.08 Å². The second-order valence-electron chi connectivity index (χ2n) is 2.79. The Morgan fingerprint density at radius 2 is 1.69 bits per heavy atom. The molecule has 0 aromatic carbocycles. The molecule has 0 saturated carbocycles. The van der Waals surface area contributed by atoms with Gasteiger partial charge in [-0.15, -0.1) is 0 Å². The lowest BCUT2D eigenvalue weighted by Crippen LogP contribution is -2.07. The van der Waals surface area contributed by atoms with Gasteiger partial charge in [0.1, 0.15) is 0 Å². The first kappa shape index (κ1) is 16.9. The molecule has 0 heterocycles. The van der Waals surface area contributed by atoms with E-state index in [-0.39, 0.29) is 0 Å². The molecule has 0 atom stereocenters. The molecule has 0 aliphatic carbocycles. The Kier molecular flexibility index (Phi) is 14.3. The number of rotatable bonds is 5. The number of hydrogen-bond acceptors (Lipinski definition) is 1. The predicted octanol–water partition coefficient (Wildman–Crippen LogP) is 4.68. The second-order valence-corrected chi connectivity index (χ2v) is 2.79. The maximum absolute atomic E-state index is 3.60. The topological polar surface area (TPSA) is 3.24 Å². The van der Waals surface area contributed by atoms with Crippen molar-refractivity contribution in [1.82, 2.24) is 4.90 Å². The maximum atomic E-state index is 3.60. The quantitative estimate of drug-likeness (QED) is 0.607. The van der Waals surface area contributed by atoms with E-state index in [2.05, 4.69) is 23.6 Å². The summed E-state index contributed by atoms with van der Waals surface area (Å²) in [5.41, 5.74) is 1.18. The van der Waals surface area contributed by atoms with E-state index in [1.165, 1.54) is 5.70 Å². The summed E-state index contributed by atoms with van der Waals surface area (Å²) >= 11 is 0. The molecular weight excluding hydrogens is 194 g/mol. The number of likely N-dealkylation sites (N-methyl/N-ethyl adjacent to an activating group) is 1. The average Bonchev–Trinajstić information content (AvgIpc) is 2.34. The molecular formula is C15H25N. The summed E-state index contributed by atoms with van der Waals surface area (Å²) < 4.78 is 0. The molecule has 0 unspecified atom stereocenters. The fourth-order valence-electron chi connectivity index (χ4n) is 0.996. The molecule has 1 nitrogen and oxygen atoms in total. The van der Waals surface area contributed by atoms with Crippen LogP contribution < -0.4 is 0 Å². The second kappa shape index (κ2) is 13.5. The van der Waals surface area contributed by atoms with Crippen LogP contribution in [0.15, 0.2) is 61.0 Å². The van der Waals surface area contributed by atoms with Gasteiger partial charge in [-0.05, 0) is 26.0 Å². The minimum absolute atomic E-state index is 1.18. The Morgan fingerprint density at radius 3 is 2.12 bits per heavy atom. The van der Waals surface area contributed by atoms with Gasteiger partial charge >= 0.3 is 0 Å². The SMILES string of the molecule is C=C/C=C\C=C\N(C)C(/C=C\C)=C/C.CC. The molecule has 90 valence electrons. The van der Waals surface area contributed by atoms with Gasteiger partial charge < -0.3 is 4.90 Å². The third-order valence-corrected chi connectivity index (χ3v) is 1.71. The summed E-state index contributed by atoms with van der Waals surface area (Å²) in [6, 6.07) is 0. The van der Waals surface area contributed by atoms with Crippen LogP contribution in [0.3, 0.4) is 0 Å². The lowest BCUT2D eigenvalue weighted by molar-refractivity contribution is 0.587. The van der Waals surface area contributed by atoms with Gasteiger partial charge in [-0.3, -0.25) is 0 Å². The Bertz CT molecular complexity index is 267. The van der Waals surface area contributed by atoms with Crippen molar-refractivity contribution in [2.24, 2.45) is 0 Å². The molecule has 0 saturated heterocycles. The molecule has 1 heteroatoms. The summed E-state index contributed by atoms with van der Waals surface area (Å²) in [7, 11) is 2.02. The van der Waals surface area contributed by atoms with Crippen LogP contribution in [0.2, 0.25) is 0 Å². The third kappa shape index (κ3) is 9.07. The van der Waals surface area contributed by atoms with Crippen molar-refractivity contribution in [1.29, 1.82) is 0 Å². The lowest BCUT2D eigenvalue weighted by Gasteiger charge is -2.14. The van der Waals surface area contributed by atoms with Gasteiger partial charge in [0.2, 0.25) is 0 Å². The summed E-state index contributed by atoms with van der Waals surface area (Å²) in [6.45, 7) is 11.6. The van der Waals surface area contributed by atoms with E-state index in [0.29, 0.717) is 0 Å². The van der Waals surface area contributed by atoms with Gasteiger partial charge in [0, 0.05) is 18.9 Å². The molecule has 0 bridgehead atoms. The summed E-state index contributed by atoms with van der Waals surface area (Å²) in [5, 5.41) is 0. The van der Waals surface area contributed by atoms with Gasteiger partial charge in [-0.2, -0.15) is 0 Å². The fraction of sp³-hybridized carbons (Fsp3) is 0.333. The largest absolute Gasteiger partial charge is 0.351 e. The van der Waals surface area contributed by atoms with Gasteiger partial charge in [-0.1, -0.05) is 50.8 Å². The first-order valence-corrected chi connectivity index (χ1v) is 5.74. The van der Waals surface area contributed by atoms with Crippen LogP contribution in [0, 0.1) is 0 Å². The monoisotopic (exact) mass is 219 g/mol. The Balaban J connectivity index is 0. The first-order chi connectivity index (χ1) is 7.76. The van der Waals surface area contributed by atoms with Crippen molar-refractivity contribution >= 4 is 0 Å². The first-order valence-electron chi connectivity index (χ1n) is 5.74. The smallest absolute Gasteiger partial charge is 0.0356 e. The van der Waals surface area contributed by atoms with E-state index >= 15 is 0 Å². The van der Waals surface area contributed by atoms with Crippen molar-refractivity contribution in [2.45, 2.75) is 27.7 Å². The summed E-state index contributed by atoms with van der Waals surface area (Å²) in [5.74, 6) is 0. The summed E-state index contributed by atoms with van der Waals surface area (Å²) in [4.78, 5) is 2.06. The van der Waals surface area contributed by atoms with E-state index in [9.17, 15) is 0 Å². The lowest BCUT2D eigenvalue weighted by atomic mass is 10.3. The van der Waals surface area contributed by atoms with Gasteiger partial charge in [0.15, 0.2) is 0 Å². The zero-order valence-electron chi connectivity index (χ0n) is 11.3. The number of allylic oxidation sites excluding steroid dienone is 7. The fourth-order valence-corrected chi connectivity index (χ4v) is 0.996. The van der Waals surface area contributed by atoms with Crippen LogP contribution in [-0.2, 0) is 0 Å². The molecule has 0 rings (SSSR count). The highest BCUT2D eigenvalue weighted by Gasteiger charge is 1.92. The third-order valence-electron chi connectivity index (χ3n) is 1.71. The number of hydrogen-bond donors (Lipinski definition) is 0. The molecule has 0 fully saturated rings. The van der Waals surface area contributed by atoms with Crippen LogP contribution in [-0.4, -0.2) is 11.9 Å². The molecule has 0 aliphatic rings. The summed E-state index contributed by atoms with van der Waals surface area (Å²) in [6.07, 6.45) is 15.8. The average molecular weight is 219 g/mol. The van der Waals surface area contributed by atoms with Crippen molar-refractivity contribution in [3.8, 4) is 0 Å². The molecule has 16 heavy (non-hydrogen) atoms. The highest BCUT2D eigenvalue weighted by Crippen LogP contribution is 2.03. The minimum atomic E-state index is 1.18. The zero-order chi connectivity index (χ0) is 12.8. The van der Waals surface area contributed by atoms with Crippen LogP contribution in [0.25, 0.3) is 0 Å². The molecule has 0 N–H and O–H groups in total. The molecule has 0 amide bonds. The van der Waals surface area contributed by atoms with E-state index in [4.69, 9.17) is 0 Å². The molecule has 0 aliphatic heterocycles. The Hall–Kier alpha value is -1.50. The molecule has 0 aromatic rings. The Morgan fingerprint density at radius 1 is 1.06 bits per heavy atom. The molecule has 0 spiro atoms. The molecule has 0 aromatic heterocycles. The highest BCUT2D eigenvalue weighted by atomic mass is 15.1. The van der Waals surface area contributed by atoms with Crippen LogP contribution in [0.1, 0.15) is 27.7 Å². The van der Waals surface area contributed by atoms with Crippen molar-refractivity contribution in [3.63, 3.8) is 0 Å². The zero-order valence-corrected chi connectivity index (χ0v) is 11.3. The maximum Gasteiger partial charge on any atom is 0.0356 e. The highest BCUT2D eigenvalue weighted by molar-refractivity contribution is 5.19. The van der Waals surface area contributed by atoms with Crippen LogP contribution in [0.5, 0.6) is 0 Å². The molecule has 0 radical (unpaired) electrons. The minimum Gasteiger partial charge on any atom is -0.351 e. The van der Waals surface area contributed by atoms with E-state index in [1.807, 2.05) is 65.2 Å². The van der Waals surface area contributed by atoms with Crippen LogP contribution in [0.4, 0.5) is 0 Å². The number of nitrogens with zero attached hydrogens (tertiary/aromatic N) is 1.